The summed E-state index contributed by atoms with van der Waals surface area (Å²) in [7, 11) is 0. The molecule has 2 aromatic rings. The van der Waals surface area contributed by atoms with Crippen LogP contribution in [-0.4, -0.2) is 37.5 Å². The monoisotopic (exact) mass is 418 g/mol. The van der Waals surface area contributed by atoms with Gasteiger partial charge in [-0.15, -0.1) is 0 Å². The average molecular weight is 418 g/mol. The number of benzene rings is 2. The van der Waals surface area contributed by atoms with Gasteiger partial charge in [0.25, 0.3) is 0 Å². The van der Waals surface area contributed by atoms with E-state index in [2.05, 4.69) is 10.6 Å². The maximum absolute atomic E-state index is 12.4. The molecule has 0 spiro atoms. The van der Waals surface area contributed by atoms with Gasteiger partial charge in [0.1, 0.15) is 0 Å². The van der Waals surface area contributed by atoms with Crippen molar-refractivity contribution in [2.75, 3.05) is 13.2 Å². The van der Waals surface area contributed by atoms with E-state index < -0.39 is 12.2 Å². The van der Waals surface area contributed by atoms with Crippen molar-refractivity contribution < 1.29 is 28.5 Å². The fourth-order valence-electron chi connectivity index (χ4n) is 2.80. The van der Waals surface area contributed by atoms with Gasteiger partial charge in [-0.3, -0.25) is 0 Å². The second kappa shape index (κ2) is 10.6. The van der Waals surface area contributed by atoms with Crippen molar-refractivity contribution in [3.8, 4) is 23.0 Å². The predicted octanol–water partition coefficient (Wildman–Crippen LogP) is 4.63. The van der Waals surface area contributed by atoms with Crippen molar-refractivity contribution in [3.63, 3.8) is 0 Å². The van der Waals surface area contributed by atoms with E-state index in [0.717, 1.165) is 0 Å². The largest absolute Gasteiger partial charge is 0.487 e. The summed E-state index contributed by atoms with van der Waals surface area (Å²) in [4.78, 5) is 24.7. The highest BCUT2D eigenvalue weighted by atomic mass is 16.6. The first-order valence-electron chi connectivity index (χ1n) is 10.1. The van der Waals surface area contributed by atoms with Gasteiger partial charge in [0.15, 0.2) is 11.5 Å². The van der Waals surface area contributed by atoms with Crippen LogP contribution in [0.1, 0.15) is 41.5 Å². The molecule has 0 fully saturated rings. The molecule has 30 heavy (non-hydrogen) atoms. The van der Waals surface area contributed by atoms with Gasteiger partial charge in [-0.2, -0.15) is 0 Å². The third-order valence-corrected chi connectivity index (χ3v) is 3.81. The van der Waals surface area contributed by atoms with Crippen LogP contribution in [0.4, 0.5) is 9.59 Å². The molecule has 0 aliphatic rings. The topological polar surface area (TPSA) is 95.1 Å². The lowest BCUT2D eigenvalue weighted by Gasteiger charge is -2.21. The summed E-state index contributed by atoms with van der Waals surface area (Å²) < 4.78 is 22.8. The molecule has 8 nitrogen and oxygen atoms in total. The maximum Gasteiger partial charge on any atom is 0.412 e. The third-order valence-electron chi connectivity index (χ3n) is 3.81. The standard InChI is InChI=1S/C22H30N2O6/c1-7-27-19-17(29-21(25)23-13(3)4)15-11-9-10-12-16(15)18(20(19)28-8-2)30-22(26)24-14(5)6/h9-14H,7-8H2,1-6H3,(H,23,25)(H,24,26). The Morgan fingerprint density at radius 2 is 1.10 bits per heavy atom. The highest BCUT2D eigenvalue weighted by Crippen LogP contribution is 2.51. The molecule has 0 heterocycles. The molecule has 2 N–H and O–H groups in total. The molecule has 0 bridgehead atoms. The Morgan fingerprint density at radius 1 is 0.733 bits per heavy atom. The summed E-state index contributed by atoms with van der Waals surface area (Å²) >= 11 is 0. The highest BCUT2D eigenvalue weighted by molar-refractivity contribution is 6.01. The molecule has 0 unspecified atom stereocenters. The lowest BCUT2D eigenvalue weighted by molar-refractivity contribution is 0.189. The van der Waals surface area contributed by atoms with Gasteiger partial charge in [0, 0.05) is 22.9 Å². The number of carbonyl (C=O) groups is 2. The van der Waals surface area contributed by atoms with Crippen LogP contribution < -0.4 is 29.6 Å². The summed E-state index contributed by atoms with van der Waals surface area (Å²) in [5, 5.41) is 6.49. The van der Waals surface area contributed by atoms with E-state index in [1.54, 1.807) is 38.1 Å². The first-order chi connectivity index (χ1) is 14.3. The van der Waals surface area contributed by atoms with Gasteiger partial charge in [0.05, 0.1) is 13.2 Å². The number of amides is 2. The second-order valence-corrected chi connectivity index (χ2v) is 7.11. The molecule has 0 radical (unpaired) electrons. The normalized spacial score (nSPS) is 10.8. The Balaban J connectivity index is 2.70. The number of carbonyl (C=O) groups excluding carboxylic acids is 2. The fourth-order valence-corrected chi connectivity index (χ4v) is 2.80. The predicted molar refractivity (Wildman–Crippen MR) is 115 cm³/mol. The minimum Gasteiger partial charge on any atom is -0.487 e. The average Bonchev–Trinajstić information content (AvgIpc) is 2.66. The van der Waals surface area contributed by atoms with Crippen molar-refractivity contribution in [3.05, 3.63) is 24.3 Å². The smallest absolute Gasteiger partial charge is 0.412 e. The fraction of sp³-hybridized carbons (Fsp3) is 0.455. The first-order valence-corrected chi connectivity index (χ1v) is 10.1. The molecule has 0 aromatic heterocycles. The summed E-state index contributed by atoms with van der Waals surface area (Å²) in [5.74, 6) is 0.796. The minimum atomic E-state index is -0.621. The molecule has 2 aromatic carbocycles. The van der Waals surface area contributed by atoms with Gasteiger partial charge in [-0.25, -0.2) is 9.59 Å². The summed E-state index contributed by atoms with van der Waals surface area (Å²) in [6.45, 7) is 11.5. The van der Waals surface area contributed by atoms with E-state index in [1.807, 2.05) is 27.7 Å². The van der Waals surface area contributed by atoms with E-state index in [1.165, 1.54) is 0 Å². The molecule has 2 amide bonds. The SMILES string of the molecule is CCOc1c(OCC)c(OC(=O)NC(C)C)c2ccccc2c1OC(=O)NC(C)C. The van der Waals surface area contributed by atoms with Crippen LogP contribution >= 0.6 is 0 Å². The van der Waals surface area contributed by atoms with E-state index in [4.69, 9.17) is 18.9 Å². The third kappa shape index (κ3) is 5.68. The Labute approximate surface area is 176 Å². The van der Waals surface area contributed by atoms with Gasteiger partial charge < -0.3 is 29.6 Å². The maximum atomic E-state index is 12.4. The molecule has 8 heteroatoms. The molecule has 2 rings (SSSR count). The Hall–Kier alpha value is -3.16. The lowest BCUT2D eigenvalue weighted by Crippen LogP contribution is -2.33. The highest BCUT2D eigenvalue weighted by Gasteiger charge is 2.27. The number of rotatable bonds is 8. The zero-order chi connectivity index (χ0) is 22.3. The van der Waals surface area contributed by atoms with Crippen molar-refractivity contribution in [1.82, 2.24) is 10.6 Å². The Bertz CT molecular complexity index is 822. The number of hydrogen-bond acceptors (Lipinski definition) is 6. The zero-order valence-electron chi connectivity index (χ0n) is 18.3. The number of fused-ring (bicyclic) bond motifs is 1. The molecular weight excluding hydrogens is 388 g/mol. The molecular formula is C22H30N2O6. The first kappa shape index (κ1) is 23.1. The lowest BCUT2D eigenvalue weighted by atomic mass is 10.1. The van der Waals surface area contributed by atoms with Crippen molar-refractivity contribution in [2.45, 2.75) is 53.6 Å². The molecule has 0 aliphatic carbocycles. The summed E-state index contributed by atoms with van der Waals surface area (Å²) in [5.41, 5.74) is 0. The molecule has 0 aliphatic heterocycles. The van der Waals surface area contributed by atoms with Crippen LogP contribution in [-0.2, 0) is 0 Å². The van der Waals surface area contributed by atoms with E-state index >= 15 is 0 Å². The van der Waals surface area contributed by atoms with Crippen LogP contribution in [0, 0.1) is 0 Å². The Kier molecular flexibility index (Phi) is 8.15. The molecule has 0 atom stereocenters. The molecule has 0 saturated heterocycles. The molecule has 164 valence electrons. The number of nitrogens with one attached hydrogen (secondary N) is 2. The summed E-state index contributed by atoms with van der Waals surface area (Å²) in [6.07, 6.45) is -1.24. The van der Waals surface area contributed by atoms with E-state index in [0.29, 0.717) is 10.8 Å². The van der Waals surface area contributed by atoms with E-state index in [9.17, 15) is 9.59 Å². The van der Waals surface area contributed by atoms with Crippen LogP contribution in [0.2, 0.25) is 0 Å². The molecule has 0 saturated carbocycles. The van der Waals surface area contributed by atoms with Crippen molar-refractivity contribution in [1.29, 1.82) is 0 Å². The van der Waals surface area contributed by atoms with Crippen molar-refractivity contribution in [2.24, 2.45) is 0 Å². The van der Waals surface area contributed by atoms with Crippen molar-refractivity contribution >= 4 is 23.0 Å². The van der Waals surface area contributed by atoms with Gasteiger partial charge in [0.2, 0.25) is 11.5 Å². The summed E-state index contributed by atoms with van der Waals surface area (Å²) in [6, 6.07) is 6.91. The van der Waals surface area contributed by atoms with Crippen LogP contribution in [0.5, 0.6) is 23.0 Å². The second-order valence-electron chi connectivity index (χ2n) is 7.11. The van der Waals surface area contributed by atoms with Crippen LogP contribution in [0.15, 0.2) is 24.3 Å². The number of ether oxygens (including phenoxy) is 4. The minimum absolute atomic E-state index is 0.104. The number of hydrogen-bond donors (Lipinski definition) is 2. The van der Waals surface area contributed by atoms with Crippen LogP contribution in [0.3, 0.4) is 0 Å². The zero-order valence-corrected chi connectivity index (χ0v) is 18.3. The van der Waals surface area contributed by atoms with Crippen LogP contribution in [0.25, 0.3) is 10.8 Å². The van der Waals surface area contributed by atoms with E-state index in [-0.39, 0.29) is 48.3 Å². The Morgan fingerprint density at radius 3 is 1.40 bits per heavy atom. The van der Waals surface area contributed by atoms with Gasteiger partial charge >= 0.3 is 12.2 Å². The van der Waals surface area contributed by atoms with Gasteiger partial charge in [-0.05, 0) is 41.5 Å². The quantitative estimate of drug-likeness (QED) is 0.649. The van der Waals surface area contributed by atoms with Gasteiger partial charge in [-0.1, -0.05) is 24.3 Å².